The molecule has 1 aliphatic heterocycles. The van der Waals surface area contributed by atoms with Gasteiger partial charge < -0.3 is 20.1 Å². The minimum atomic E-state index is -2.83. The van der Waals surface area contributed by atoms with E-state index in [9.17, 15) is 23.2 Å². The van der Waals surface area contributed by atoms with E-state index in [1.807, 2.05) is 48.5 Å². The maximum atomic E-state index is 13.3. The van der Waals surface area contributed by atoms with Crippen LogP contribution in [0.4, 0.5) is 13.6 Å². The maximum Gasteiger partial charge on any atom is 0.407 e. The van der Waals surface area contributed by atoms with Crippen molar-refractivity contribution in [2.24, 2.45) is 0 Å². The number of aliphatic carboxylic acids is 1. The van der Waals surface area contributed by atoms with Crippen LogP contribution in [0.25, 0.3) is 11.1 Å². The number of hydrogen-bond donors (Lipinski definition) is 2. The zero-order valence-corrected chi connectivity index (χ0v) is 19.2. The number of nitrogens with zero attached hydrogens (tertiary/aromatic N) is 1. The van der Waals surface area contributed by atoms with Crippen molar-refractivity contribution in [3.05, 3.63) is 59.7 Å². The molecule has 0 spiro atoms. The Morgan fingerprint density at radius 3 is 2.26 bits per heavy atom. The summed E-state index contributed by atoms with van der Waals surface area (Å²) in [6.07, 6.45) is -3.06. The first kappa shape index (κ1) is 24.6. The van der Waals surface area contributed by atoms with E-state index in [1.165, 1.54) is 4.90 Å². The van der Waals surface area contributed by atoms with Crippen LogP contribution in [-0.4, -0.2) is 59.6 Å². The molecule has 7 nitrogen and oxygen atoms in total. The van der Waals surface area contributed by atoms with Gasteiger partial charge in [0.2, 0.25) is 12.3 Å². The number of halogens is 2. The van der Waals surface area contributed by atoms with Crippen molar-refractivity contribution in [1.29, 1.82) is 0 Å². The van der Waals surface area contributed by atoms with E-state index in [1.54, 1.807) is 0 Å². The molecule has 0 saturated carbocycles. The Morgan fingerprint density at radius 2 is 1.66 bits per heavy atom. The van der Waals surface area contributed by atoms with E-state index in [4.69, 9.17) is 9.84 Å². The molecule has 2 aromatic rings. The van der Waals surface area contributed by atoms with Crippen LogP contribution in [-0.2, 0) is 14.3 Å². The number of amides is 2. The lowest BCUT2D eigenvalue weighted by molar-refractivity contribution is -0.143. The predicted molar refractivity (Wildman–Crippen MR) is 124 cm³/mol. The second-order valence-electron chi connectivity index (χ2n) is 8.93. The summed E-state index contributed by atoms with van der Waals surface area (Å²) in [6.45, 7) is 0.254. The van der Waals surface area contributed by atoms with Gasteiger partial charge in [-0.25, -0.2) is 13.6 Å². The number of carbonyl (C=O) groups is 3. The highest BCUT2D eigenvalue weighted by molar-refractivity contribution is 5.86. The molecule has 9 heteroatoms. The molecule has 186 valence electrons. The monoisotopic (exact) mass is 486 g/mol. The SMILES string of the molecule is O=C(O)C[C@H]1CCCCN1C(=O)C(CC(F)F)NC(=O)OCC1c2ccccc2-c2ccccc21. The third kappa shape index (κ3) is 5.61. The summed E-state index contributed by atoms with van der Waals surface area (Å²) in [7, 11) is 0. The first-order valence-electron chi connectivity index (χ1n) is 11.8. The summed E-state index contributed by atoms with van der Waals surface area (Å²) in [5, 5.41) is 11.5. The van der Waals surface area contributed by atoms with E-state index >= 15 is 0 Å². The molecule has 0 bridgehead atoms. The number of carboxylic acid groups (broad SMARTS) is 1. The number of hydrogen-bond acceptors (Lipinski definition) is 4. The Kier molecular flexibility index (Phi) is 7.63. The quantitative estimate of drug-likeness (QED) is 0.577. The fraction of sp³-hybridized carbons (Fsp3) is 0.423. The van der Waals surface area contributed by atoms with Crippen molar-refractivity contribution in [2.45, 2.75) is 56.5 Å². The van der Waals surface area contributed by atoms with Gasteiger partial charge in [0.15, 0.2) is 0 Å². The number of benzene rings is 2. The van der Waals surface area contributed by atoms with Crippen molar-refractivity contribution in [3.63, 3.8) is 0 Å². The number of carboxylic acids is 1. The number of alkyl halides is 2. The standard InChI is InChI=1S/C26H28F2N2O5/c27-23(28)14-22(25(33)30-12-6-5-7-16(30)13-24(31)32)29-26(34)35-15-21-19-10-3-1-8-17(19)18-9-2-4-11-20(18)21/h1-4,8-11,16,21-23H,5-7,12-15H2,(H,29,34)(H,31,32)/t16-,22?/m1/s1. The number of carbonyl (C=O) groups excluding carboxylic acids is 2. The highest BCUT2D eigenvalue weighted by atomic mass is 19.3. The molecule has 2 aromatic carbocycles. The summed E-state index contributed by atoms with van der Waals surface area (Å²) < 4.78 is 32.0. The lowest BCUT2D eigenvalue weighted by Gasteiger charge is -2.37. The average molecular weight is 487 g/mol. The topological polar surface area (TPSA) is 95.9 Å². The van der Waals surface area contributed by atoms with Gasteiger partial charge in [0, 0.05) is 24.9 Å². The van der Waals surface area contributed by atoms with Crippen LogP contribution >= 0.6 is 0 Å². The van der Waals surface area contributed by atoms with Gasteiger partial charge in [-0.1, -0.05) is 48.5 Å². The fourth-order valence-electron chi connectivity index (χ4n) is 5.09. The average Bonchev–Trinajstić information content (AvgIpc) is 3.15. The molecule has 2 aliphatic rings. The summed E-state index contributed by atoms with van der Waals surface area (Å²) in [4.78, 5) is 38.2. The third-order valence-corrected chi connectivity index (χ3v) is 6.67. The largest absolute Gasteiger partial charge is 0.481 e. The number of nitrogens with one attached hydrogen (secondary N) is 1. The van der Waals surface area contributed by atoms with Crippen LogP contribution in [0.5, 0.6) is 0 Å². The van der Waals surface area contributed by atoms with Gasteiger partial charge in [-0.2, -0.15) is 0 Å². The highest BCUT2D eigenvalue weighted by Crippen LogP contribution is 2.44. The van der Waals surface area contributed by atoms with Crippen molar-refractivity contribution < 1.29 is 33.0 Å². The summed E-state index contributed by atoms with van der Waals surface area (Å²) >= 11 is 0. The van der Waals surface area contributed by atoms with Gasteiger partial charge >= 0.3 is 12.1 Å². The number of piperidine rings is 1. The van der Waals surface area contributed by atoms with Crippen LogP contribution in [0.3, 0.4) is 0 Å². The van der Waals surface area contributed by atoms with Crippen LogP contribution in [0, 0.1) is 0 Å². The lowest BCUT2D eigenvalue weighted by Crippen LogP contribution is -2.54. The summed E-state index contributed by atoms with van der Waals surface area (Å²) in [5.74, 6) is -1.98. The van der Waals surface area contributed by atoms with E-state index in [-0.39, 0.29) is 25.5 Å². The molecule has 0 aromatic heterocycles. The molecule has 4 rings (SSSR count). The molecule has 2 atom stereocenters. The zero-order valence-electron chi connectivity index (χ0n) is 19.2. The molecule has 1 heterocycles. The number of fused-ring (bicyclic) bond motifs is 3. The van der Waals surface area contributed by atoms with Gasteiger partial charge in [0.05, 0.1) is 6.42 Å². The van der Waals surface area contributed by atoms with Crippen molar-refractivity contribution in [2.75, 3.05) is 13.2 Å². The summed E-state index contributed by atoms with van der Waals surface area (Å²) in [6, 6.07) is 13.5. The van der Waals surface area contributed by atoms with Gasteiger partial charge in [0.1, 0.15) is 12.6 Å². The number of alkyl carbamates (subject to hydrolysis) is 1. The zero-order chi connectivity index (χ0) is 24.9. The third-order valence-electron chi connectivity index (χ3n) is 6.67. The van der Waals surface area contributed by atoms with Gasteiger partial charge in [-0.3, -0.25) is 9.59 Å². The Labute approximate surface area is 202 Å². The summed E-state index contributed by atoms with van der Waals surface area (Å²) in [5.41, 5.74) is 4.12. The van der Waals surface area contributed by atoms with Crippen LogP contribution in [0.1, 0.15) is 49.1 Å². The molecular formula is C26H28F2N2O5. The number of rotatable bonds is 8. The Bertz CT molecular complexity index is 1050. The van der Waals surface area contributed by atoms with Gasteiger partial charge in [-0.15, -0.1) is 0 Å². The van der Waals surface area contributed by atoms with Crippen LogP contribution < -0.4 is 5.32 Å². The predicted octanol–water partition coefficient (Wildman–Crippen LogP) is 4.40. The Balaban J connectivity index is 1.44. The second-order valence-corrected chi connectivity index (χ2v) is 8.93. The molecule has 1 saturated heterocycles. The number of likely N-dealkylation sites (tertiary alicyclic amines) is 1. The number of ether oxygens (including phenoxy) is 1. The first-order chi connectivity index (χ1) is 16.8. The highest BCUT2D eigenvalue weighted by Gasteiger charge is 2.35. The van der Waals surface area contributed by atoms with E-state index in [0.29, 0.717) is 12.8 Å². The minimum Gasteiger partial charge on any atom is -0.481 e. The maximum absolute atomic E-state index is 13.3. The Morgan fingerprint density at radius 1 is 1.03 bits per heavy atom. The normalized spacial score (nSPS) is 18.0. The molecule has 1 fully saturated rings. The van der Waals surface area contributed by atoms with Crippen molar-refractivity contribution in [3.8, 4) is 11.1 Å². The van der Waals surface area contributed by atoms with E-state index in [0.717, 1.165) is 28.7 Å². The minimum absolute atomic E-state index is 0.0131. The van der Waals surface area contributed by atoms with E-state index < -0.39 is 42.9 Å². The molecule has 1 aliphatic carbocycles. The molecule has 1 unspecified atom stereocenters. The van der Waals surface area contributed by atoms with Crippen molar-refractivity contribution in [1.82, 2.24) is 10.2 Å². The first-order valence-corrected chi connectivity index (χ1v) is 11.8. The fourth-order valence-corrected chi connectivity index (χ4v) is 5.09. The lowest BCUT2D eigenvalue weighted by atomic mass is 9.98. The molecular weight excluding hydrogens is 458 g/mol. The Hall–Kier alpha value is -3.49. The molecule has 2 N–H and O–H groups in total. The van der Waals surface area contributed by atoms with E-state index in [2.05, 4.69) is 5.32 Å². The van der Waals surface area contributed by atoms with Crippen LogP contribution in [0.15, 0.2) is 48.5 Å². The molecule has 0 radical (unpaired) electrons. The van der Waals surface area contributed by atoms with Crippen molar-refractivity contribution >= 4 is 18.0 Å². The molecule has 35 heavy (non-hydrogen) atoms. The van der Waals surface area contributed by atoms with Gasteiger partial charge in [-0.05, 0) is 41.5 Å². The molecule has 2 amide bonds. The second kappa shape index (κ2) is 10.8. The van der Waals surface area contributed by atoms with Gasteiger partial charge in [0.25, 0.3) is 0 Å². The van der Waals surface area contributed by atoms with Crippen LogP contribution in [0.2, 0.25) is 0 Å². The smallest absolute Gasteiger partial charge is 0.407 e.